The van der Waals surface area contributed by atoms with Crippen molar-refractivity contribution in [3.05, 3.63) is 17.6 Å². The van der Waals surface area contributed by atoms with Crippen molar-refractivity contribution in [2.75, 3.05) is 0 Å². The summed E-state index contributed by atoms with van der Waals surface area (Å²) in [7, 11) is 0. The van der Waals surface area contributed by atoms with E-state index in [9.17, 15) is 0 Å². The van der Waals surface area contributed by atoms with Crippen LogP contribution < -0.4 is 0 Å². The molecule has 0 heteroatoms. The quantitative estimate of drug-likeness (QED) is 0.585. The minimum absolute atomic E-state index is 0.529. The fourth-order valence-electron chi connectivity index (χ4n) is 4.56. The lowest BCUT2D eigenvalue weighted by atomic mass is 9.64. The molecule has 3 aliphatic rings. The first-order valence-electron chi connectivity index (χ1n) is 7.11. The molecule has 1 radical (unpaired) electrons. The molecule has 2 saturated carbocycles. The Bertz CT molecular complexity index is 323. The zero-order valence-electron chi connectivity index (χ0n) is 11.1. The Morgan fingerprint density at radius 3 is 2.50 bits per heavy atom. The van der Waals surface area contributed by atoms with Crippen LogP contribution in [-0.2, 0) is 0 Å². The second-order valence-electron chi connectivity index (χ2n) is 6.95. The number of hydrogen-bond donors (Lipinski definition) is 0. The van der Waals surface area contributed by atoms with Crippen LogP contribution in [0.25, 0.3) is 0 Å². The molecule has 2 fully saturated rings. The van der Waals surface area contributed by atoms with Crippen LogP contribution >= 0.6 is 0 Å². The van der Waals surface area contributed by atoms with Crippen LogP contribution in [0.15, 0.2) is 11.6 Å². The first-order chi connectivity index (χ1) is 7.56. The Hall–Kier alpha value is -0.260. The largest absolute Gasteiger partial charge is 0.0847 e. The van der Waals surface area contributed by atoms with Crippen molar-refractivity contribution in [2.45, 2.75) is 65.7 Å². The van der Waals surface area contributed by atoms with Gasteiger partial charge in [-0.15, -0.1) is 0 Å². The molecular formula is C16H25. The maximum Gasteiger partial charge on any atom is 0.00727 e. The van der Waals surface area contributed by atoms with Crippen molar-refractivity contribution in [3.63, 3.8) is 0 Å². The molecule has 16 heavy (non-hydrogen) atoms. The molecule has 0 heterocycles. The van der Waals surface area contributed by atoms with Crippen LogP contribution in [0.5, 0.6) is 0 Å². The normalized spacial score (nSPS) is 42.4. The van der Waals surface area contributed by atoms with Crippen LogP contribution in [-0.4, -0.2) is 0 Å². The minimum atomic E-state index is 0.529. The van der Waals surface area contributed by atoms with Gasteiger partial charge in [-0.25, -0.2) is 0 Å². The van der Waals surface area contributed by atoms with E-state index in [0.29, 0.717) is 10.8 Å². The summed E-state index contributed by atoms with van der Waals surface area (Å²) in [4.78, 5) is 0. The molecule has 89 valence electrons. The van der Waals surface area contributed by atoms with Gasteiger partial charge in [0.2, 0.25) is 0 Å². The van der Waals surface area contributed by atoms with Gasteiger partial charge in [-0.3, -0.25) is 0 Å². The molecule has 0 aromatic rings. The molecule has 0 amide bonds. The molecule has 0 aliphatic heterocycles. The highest BCUT2D eigenvalue weighted by Crippen LogP contribution is 2.70. The molecular weight excluding hydrogens is 192 g/mol. The first-order valence-corrected chi connectivity index (χ1v) is 7.11. The summed E-state index contributed by atoms with van der Waals surface area (Å²) in [5, 5.41) is 0. The van der Waals surface area contributed by atoms with Crippen LogP contribution in [0, 0.1) is 22.7 Å². The standard InChI is InChI=1S/C16H25/c1-15(2)13-9-10-16(15,3)14(11-13)12-7-5-4-6-8-12/h7,13H,4-6,8-11H2,1-3H3. The summed E-state index contributed by atoms with van der Waals surface area (Å²) in [5.74, 6) is 2.82. The first kappa shape index (κ1) is 10.9. The second-order valence-corrected chi connectivity index (χ2v) is 6.95. The van der Waals surface area contributed by atoms with Gasteiger partial charge in [0.1, 0.15) is 0 Å². The molecule has 0 aromatic carbocycles. The highest BCUT2D eigenvalue weighted by molar-refractivity contribution is 5.38. The summed E-state index contributed by atoms with van der Waals surface area (Å²) < 4.78 is 0. The van der Waals surface area contributed by atoms with Gasteiger partial charge >= 0.3 is 0 Å². The van der Waals surface area contributed by atoms with E-state index in [1.807, 2.05) is 5.92 Å². The fourth-order valence-corrected chi connectivity index (χ4v) is 4.56. The lowest BCUT2D eigenvalue weighted by Crippen LogP contribution is -2.32. The summed E-state index contributed by atoms with van der Waals surface area (Å²) in [6.45, 7) is 7.58. The number of hydrogen-bond acceptors (Lipinski definition) is 0. The van der Waals surface area contributed by atoms with Crippen molar-refractivity contribution in [1.82, 2.24) is 0 Å². The Labute approximate surface area is 101 Å². The second kappa shape index (κ2) is 3.37. The number of allylic oxidation sites excluding steroid dienone is 2. The third-order valence-corrected chi connectivity index (χ3v) is 6.23. The van der Waals surface area contributed by atoms with Crippen molar-refractivity contribution in [2.24, 2.45) is 16.7 Å². The zero-order valence-corrected chi connectivity index (χ0v) is 11.1. The van der Waals surface area contributed by atoms with Gasteiger partial charge in [0.25, 0.3) is 0 Å². The van der Waals surface area contributed by atoms with Gasteiger partial charge in [-0.1, -0.05) is 32.4 Å². The summed E-state index contributed by atoms with van der Waals surface area (Å²) in [6.07, 6.45) is 12.4. The van der Waals surface area contributed by atoms with E-state index in [-0.39, 0.29) is 0 Å². The Morgan fingerprint density at radius 2 is 2.00 bits per heavy atom. The van der Waals surface area contributed by atoms with E-state index >= 15 is 0 Å². The molecule has 0 nitrogen and oxygen atoms in total. The molecule has 3 aliphatic carbocycles. The smallest absolute Gasteiger partial charge is 0.00727 e. The predicted molar refractivity (Wildman–Crippen MR) is 69.0 cm³/mol. The van der Waals surface area contributed by atoms with Gasteiger partial charge in [0.05, 0.1) is 0 Å². The van der Waals surface area contributed by atoms with Gasteiger partial charge in [-0.05, 0) is 61.7 Å². The van der Waals surface area contributed by atoms with Gasteiger partial charge in [0.15, 0.2) is 0 Å². The molecule has 0 N–H and O–H groups in total. The van der Waals surface area contributed by atoms with E-state index in [0.717, 1.165) is 5.92 Å². The highest BCUT2D eigenvalue weighted by Gasteiger charge is 2.61. The third kappa shape index (κ3) is 1.22. The average molecular weight is 217 g/mol. The molecule has 2 bridgehead atoms. The Balaban J connectivity index is 1.92. The van der Waals surface area contributed by atoms with Crippen LogP contribution in [0.1, 0.15) is 65.7 Å². The van der Waals surface area contributed by atoms with Crippen molar-refractivity contribution >= 4 is 0 Å². The average Bonchev–Trinajstić information content (AvgIpc) is 2.62. The van der Waals surface area contributed by atoms with Gasteiger partial charge < -0.3 is 0 Å². The van der Waals surface area contributed by atoms with Crippen LogP contribution in [0.4, 0.5) is 0 Å². The molecule has 2 atom stereocenters. The van der Waals surface area contributed by atoms with Crippen molar-refractivity contribution in [1.29, 1.82) is 0 Å². The molecule has 0 saturated heterocycles. The summed E-state index contributed by atoms with van der Waals surface area (Å²) in [5.41, 5.74) is 2.84. The molecule has 0 aromatic heterocycles. The topological polar surface area (TPSA) is 0 Å². The molecule has 2 unspecified atom stereocenters. The van der Waals surface area contributed by atoms with Crippen molar-refractivity contribution in [3.8, 4) is 0 Å². The Morgan fingerprint density at radius 1 is 1.19 bits per heavy atom. The maximum absolute atomic E-state index is 2.56. The minimum Gasteiger partial charge on any atom is -0.0847 e. The van der Waals surface area contributed by atoms with E-state index in [4.69, 9.17) is 0 Å². The SMILES string of the molecule is CC12CCC(C[C]1C1=CCCCC1)C2(C)C. The van der Waals surface area contributed by atoms with E-state index in [1.165, 1.54) is 44.9 Å². The molecule has 0 spiro atoms. The summed E-state index contributed by atoms with van der Waals surface area (Å²) in [6, 6.07) is 0. The molecule has 3 rings (SSSR count). The van der Waals surface area contributed by atoms with Crippen LogP contribution in [0.3, 0.4) is 0 Å². The summed E-state index contributed by atoms with van der Waals surface area (Å²) >= 11 is 0. The number of rotatable bonds is 1. The zero-order chi connectivity index (χ0) is 11.4. The number of fused-ring (bicyclic) bond motifs is 2. The van der Waals surface area contributed by atoms with E-state index < -0.39 is 0 Å². The lowest BCUT2D eigenvalue weighted by Gasteiger charge is -2.40. The Kier molecular flexibility index (Phi) is 2.29. The van der Waals surface area contributed by atoms with Gasteiger partial charge in [-0.2, -0.15) is 0 Å². The van der Waals surface area contributed by atoms with E-state index in [2.05, 4.69) is 26.8 Å². The van der Waals surface area contributed by atoms with Crippen molar-refractivity contribution < 1.29 is 0 Å². The fraction of sp³-hybridized carbons (Fsp3) is 0.812. The highest BCUT2D eigenvalue weighted by atomic mass is 14.7. The van der Waals surface area contributed by atoms with Crippen LogP contribution in [0.2, 0.25) is 0 Å². The third-order valence-electron chi connectivity index (χ3n) is 6.23. The van der Waals surface area contributed by atoms with Gasteiger partial charge in [0, 0.05) is 5.92 Å². The van der Waals surface area contributed by atoms with E-state index in [1.54, 1.807) is 5.57 Å². The monoisotopic (exact) mass is 217 g/mol. The maximum atomic E-state index is 2.56. The predicted octanol–water partition coefficient (Wildman–Crippen LogP) is 4.91. The lowest BCUT2D eigenvalue weighted by molar-refractivity contribution is 0.167.